The molecule has 0 atom stereocenters. The third-order valence-corrected chi connectivity index (χ3v) is 2.61. The largest absolute Gasteiger partial charge is 0.512 e. The van der Waals surface area contributed by atoms with Crippen molar-refractivity contribution < 1.29 is 30.0 Å². The first-order chi connectivity index (χ1) is 9.58. The third kappa shape index (κ3) is 4.52. The van der Waals surface area contributed by atoms with E-state index in [1.54, 1.807) is 6.20 Å². The Morgan fingerprint density at radius 2 is 2.10 bits per heavy atom. The molecule has 0 saturated carbocycles. The summed E-state index contributed by atoms with van der Waals surface area (Å²) in [7, 11) is 0. The number of pyridine rings is 1. The second-order valence-electron chi connectivity index (χ2n) is 4.37. The quantitative estimate of drug-likeness (QED) is 0.345. The van der Waals surface area contributed by atoms with Crippen LogP contribution in [0.25, 0.3) is 16.4 Å². The Morgan fingerprint density at radius 3 is 2.71 bits per heavy atom. The number of imidazole rings is 1. The zero-order valence-corrected chi connectivity index (χ0v) is 14.1. The summed E-state index contributed by atoms with van der Waals surface area (Å²) >= 11 is 0. The molecule has 2 heterocycles. The van der Waals surface area contributed by atoms with Gasteiger partial charge < -0.3 is 9.51 Å². The predicted molar refractivity (Wildman–Crippen MR) is 78.6 cm³/mol. The molecule has 1 N–H and O–H groups in total. The number of aliphatic hydroxyl groups excluding tert-OH is 1. The summed E-state index contributed by atoms with van der Waals surface area (Å²) < 4.78 is 2.00. The van der Waals surface area contributed by atoms with Crippen molar-refractivity contribution in [2.45, 2.75) is 13.8 Å². The summed E-state index contributed by atoms with van der Waals surface area (Å²) in [6.45, 7) is 2.85. The summed E-state index contributed by atoms with van der Waals surface area (Å²) in [5.41, 5.74) is 0.970. The molecule has 0 spiro atoms. The molecule has 1 radical (unpaired) electrons. The van der Waals surface area contributed by atoms with Gasteiger partial charge in [0.2, 0.25) is 0 Å². The van der Waals surface area contributed by atoms with E-state index in [2.05, 4.69) is 23.2 Å². The number of hydrogen-bond acceptors (Lipinski definition) is 3. The van der Waals surface area contributed by atoms with E-state index in [-0.39, 0.29) is 31.6 Å². The Balaban J connectivity index is 0.000000242. The van der Waals surface area contributed by atoms with Crippen molar-refractivity contribution in [3.05, 3.63) is 60.8 Å². The first kappa shape index (κ1) is 17.1. The molecule has 0 bridgehead atoms. The van der Waals surface area contributed by atoms with Crippen LogP contribution in [0.5, 0.6) is 0 Å². The molecule has 4 nitrogen and oxygen atoms in total. The van der Waals surface area contributed by atoms with Gasteiger partial charge in [-0.05, 0) is 20.0 Å². The van der Waals surface area contributed by atoms with E-state index in [4.69, 9.17) is 5.11 Å². The maximum Gasteiger partial charge on any atom is 0.155 e. The normalized spacial score (nSPS) is 10.7. The van der Waals surface area contributed by atoms with Crippen molar-refractivity contribution in [1.82, 2.24) is 9.38 Å². The molecular weight excluding hydrogens is 444 g/mol. The Bertz CT molecular complexity index is 774. The van der Waals surface area contributed by atoms with Gasteiger partial charge in [-0.3, -0.25) is 9.78 Å². The minimum atomic E-state index is -0.125. The molecule has 0 unspecified atom stereocenters. The van der Waals surface area contributed by atoms with Gasteiger partial charge in [0.25, 0.3) is 0 Å². The standard InChI is InChI=1S/C11H7N2.C5H8O2.Ir/c1-2-4-10-9(3-1)5-7-13-8-6-12-11(10)13;1-4(6)3-5(2)7;/h1-3,5-8H;3,6H,1-2H3;/q-1;;/b;4-3-;. The molecular formula is C16H15IrN2O2-. The Labute approximate surface area is 136 Å². The molecule has 3 rings (SSSR count). The first-order valence-electron chi connectivity index (χ1n) is 6.18. The number of aromatic nitrogens is 2. The third-order valence-electron chi connectivity index (χ3n) is 2.61. The summed E-state index contributed by atoms with van der Waals surface area (Å²) in [5.74, 6) is -0.0625. The molecule has 21 heavy (non-hydrogen) atoms. The van der Waals surface area contributed by atoms with Gasteiger partial charge in [-0.25, -0.2) is 0 Å². The van der Waals surface area contributed by atoms with Gasteiger partial charge in [-0.1, -0.05) is 6.07 Å². The van der Waals surface area contributed by atoms with Gasteiger partial charge in [0.05, 0.1) is 11.4 Å². The topological polar surface area (TPSA) is 54.6 Å². The number of ketones is 1. The summed E-state index contributed by atoms with van der Waals surface area (Å²) in [5, 5.41) is 10.6. The SMILES string of the molecule is CC(=O)/C=C(/C)O.[Ir].[c-]1cccc2ccn3ccnc3c12. The summed E-state index contributed by atoms with van der Waals surface area (Å²) in [4.78, 5) is 14.3. The maximum atomic E-state index is 10.0. The number of aliphatic hydroxyl groups is 1. The Kier molecular flexibility index (Phi) is 6.28. The van der Waals surface area contributed by atoms with E-state index in [0.29, 0.717) is 0 Å². The van der Waals surface area contributed by atoms with E-state index < -0.39 is 0 Å². The molecule has 3 aromatic rings. The average Bonchev–Trinajstić information content (AvgIpc) is 2.86. The minimum absolute atomic E-state index is 0. The van der Waals surface area contributed by atoms with Crippen molar-refractivity contribution in [3.8, 4) is 0 Å². The molecule has 0 aliphatic heterocycles. The number of allylic oxidation sites excluding steroid dienone is 2. The van der Waals surface area contributed by atoms with E-state index in [9.17, 15) is 4.79 Å². The van der Waals surface area contributed by atoms with E-state index in [1.807, 2.05) is 28.9 Å². The number of carbonyl (C=O) groups excluding carboxylic acids is 1. The molecule has 2 aromatic heterocycles. The van der Waals surface area contributed by atoms with Crippen molar-refractivity contribution in [3.63, 3.8) is 0 Å². The van der Waals surface area contributed by atoms with Gasteiger partial charge in [-0.15, -0.1) is 35.0 Å². The monoisotopic (exact) mass is 460 g/mol. The van der Waals surface area contributed by atoms with Gasteiger partial charge in [0.15, 0.2) is 5.78 Å². The fourth-order valence-electron chi connectivity index (χ4n) is 1.86. The molecule has 1 aromatic carbocycles. The maximum absolute atomic E-state index is 10.0. The van der Waals surface area contributed by atoms with E-state index in [1.165, 1.54) is 25.3 Å². The van der Waals surface area contributed by atoms with Crippen molar-refractivity contribution in [1.29, 1.82) is 0 Å². The first-order valence-corrected chi connectivity index (χ1v) is 6.18. The second-order valence-corrected chi connectivity index (χ2v) is 4.37. The number of rotatable bonds is 1. The van der Waals surface area contributed by atoms with Gasteiger partial charge in [-0.2, -0.15) is 0 Å². The van der Waals surface area contributed by atoms with Crippen molar-refractivity contribution in [2.24, 2.45) is 0 Å². The number of fused-ring (bicyclic) bond motifs is 3. The molecule has 0 amide bonds. The number of benzene rings is 1. The number of carbonyl (C=O) groups is 1. The summed E-state index contributed by atoms with van der Waals surface area (Å²) in [6.07, 6.45) is 6.92. The van der Waals surface area contributed by atoms with Gasteiger partial charge in [0, 0.05) is 38.6 Å². The molecule has 0 aliphatic rings. The zero-order chi connectivity index (χ0) is 14.5. The van der Waals surface area contributed by atoms with Crippen LogP contribution in [0, 0.1) is 6.07 Å². The minimum Gasteiger partial charge on any atom is -0.512 e. The van der Waals surface area contributed by atoms with E-state index in [0.717, 1.165) is 11.0 Å². The molecule has 0 aliphatic carbocycles. The predicted octanol–water partition coefficient (Wildman–Crippen LogP) is 3.32. The smallest absolute Gasteiger partial charge is 0.155 e. The summed E-state index contributed by atoms with van der Waals surface area (Å²) in [6, 6.07) is 11.2. The van der Waals surface area contributed by atoms with Crippen LogP contribution in [-0.4, -0.2) is 20.3 Å². The molecule has 0 saturated heterocycles. The molecule has 0 fully saturated rings. The van der Waals surface area contributed by atoms with Crippen LogP contribution in [0.1, 0.15) is 13.8 Å². The van der Waals surface area contributed by atoms with Gasteiger partial charge in [0.1, 0.15) is 0 Å². The fraction of sp³-hybridized carbons (Fsp3) is 0.125. The Hall–Kier alpha value is -1.97. The number of nitrogens with zero attached hydrogens (tertiary/aromatic N) is 2. The number of hydrogen-bond donors (Lipinski definition) is 1. The van der Waals surface area contributed by atoms with Crippen LogP contribution in [0.15, 0.2) is 54.7 Å². The van der Waals surface area contributed by atoms with Crippen LogP contribution < -0.4 is 0 Å². The second kappa shape index (κ2) is 7.72. The van der Waals surface area contributed by atoms with Crippen LogP contribution in [0.2, 0.25) is 0 Å². The molecule has 111 valence electrons. The van der Waals surface area contributed by atoms with Crippen LogP contribution >= 0.6 is 0 Å². The Morgan fingerprint density at radius 1 is 1.33 bits per heavy atom. The van der Waals surface area contributed by atoms with Gasteiger partial charge >= 0.3 is 0 Å². The fourth-order valence-corrected chi connectivity index (χ4v) is 1.86. The van der Waals surface area contributed by atoms with Crippen LogP contribution in [-0.2, 0) is 24.9 Å². The van der Waals surface area contributed by atoms with Crippen LogP contribution in [0.3, 0.4) is 0 Å². The molecule has 5 heteroatoms. The van der Waals surface area contributed by atoms with Crippen molar-refractivity contribution in [2.75, 3.05) is 0 Å². The van der Waals surface area contributed by atoms with Crippen molar-refractivity contribution >= 4 is 22.2 Å². The zero-order valence-electron chi connectivity index (χ0n) is 11.7. The average molecular weight is 460 g/mol. The van der Waals surface area contributed by atoms with E-state index >= 15 is 0 Å². The van der Waals surface area contributed by atoms with Crippen LogP contribution in [0.4, 0.5) is 0 Å².